The van der Waals surface area contributed by atoms with Crippen LogP contribution in [0.4, 0.5) is 0 Å². The van der Waals surface area contributed by atoms with E-state index in [1.54, 1.807) is 0 Å². The molecule has 1 aromatic carbocycles. The molecule has 2 fully saturated rings. The number of esters is 1. The second-order valence-corrected chi connectivity index (χ2v) is 5.22. The minimum absolute atomic E-state index is 0.00212. The highest BCUT2D eigenvalue weighted by Gasteiger charge is 2.51. The molecule has 3 aliphatic heterocycles. The molecule has 4 nitrogen and oxygen atoms in total. The van der Waals surface area contributed by atoms with Crippen molar-refractivity contribution in [1.82, 2.24) is 4.90 Å². The molecule has 1 aromatic rings. The summed E-state index contributed by atoms with van der Waals surface area (Å²) in [6, 6.07) is 7.77. The molecule has 18 heavy (non-hydrogen) atoms. The average molecular weight is 243 g/mol. The number of ether oxygens (including phenoxy) is 1. The van der Waals surface area contributed by atoms with Crippen molar-refractivity contribution in [2.75, 3.05) is 6.54 Å². The minimum atomic E-state index is -0.122. The maximum atomic E-state index is 12.3. The Kier molecular flexibility index (Phi) is 1.88. The number of piperidine rings is 1. The number of hydrogen-bond acceptors (Lipinski definition) is 3. The molecule has 1 amide bonds. The van der Waals surface area contributed by atoms with Crippen LogP contribution in [0, 0.1) is 5.92 Å². The van der Waals surface area contributed by atoms with Crippen molar-refractivity contribution in [2.24, 2.45) is 5.92 Å². The molecule has 0 bridgehead atoms. The summed E-state index contributed by atoms with van der Waals surface area (Å²) in [6.07, 6.45) is 1.21. The molecule has 4 rings (SSSR count). The first kappa shape index (κ1) is 10.1. The predicted octanol–water partition coefficient (Wildman–Crippen LogP) is 1.52. The van der Waals surface area contributed by atoms with E-state index in [-0.39, 0.29) is 29.9 Å². The van der Waals surface area contributed by atoms with Gasteiger partial charge in [0, 0.05) is 24.4 Å². The average Bonchev–Trinajstić information content (AvgIpc) is 2.88. The number of hydrogen-bond donors (Lipinski definition) is 0. The summed E-state index contributed by atoms with van der Waals surface area (Å²) in [6.45, 7) is 0.687. The first-order chi connectivity index (χ1) is 8.75. The maximum absolute atomic E-state index is 12.3. The van der Waals surface area contributed by atoms with Crippen LogP contribution >= 0.6 is 0 Å². The van der Waals surface area contributed by atoms with Crippen LogP contribution in [0.3, 0.4) is 0 Å². The van der Waals surface area contributed by atoms with Gasteiger partial charge >= 0.3 is 5.97 Å². The van der Waals surface area contributed by atoms with Crippen LogP contribution in [-0.2, 0) is 9.53 Å². The molecule has 0 aliphatic carbocycles. The van der Waals surface area contributed by atoms with Crippen molar-refractivity contribution in [3.05, 3.63) is 35.4 Å². The zero-order valence-corrected chi connectivity index (χ0v) is 9.83. The summed E-state index contributed by atoms with van der Waals surface area (Å²) in [5, 5.41) is 0. The van der Waals surface area contributed by atoms with Gasteiger partial charge in [-0.1, -0.05) is 18.2 Å². The number of carbonyl (C=O) groups excluding carboxylic acids is 2. The van der Waals surface area contributed by atoms with Crippen LogP contribution in [-0.4, -0.2) is 29.4 Å². The summed E-state index contributed by atoms with van der Waals surface area (Å²) >= 11 is 0. The first-order valence-corrected chi connectivity index (χ1v) is 6.35. The first-order valence-electron chi connectivity index (χ1n) is 6.35. The van der Waals surface area contributed by atoms with Crippen molar-refractivity contribution in [3.63, 3.8) is 0 Å². The van der Waals surface area contributed by atoms with Crippen molar-refractivity contribution < 1.29 is 14.3 Å². The van der Waals surface area contributed by atoms with Gasteiger partial charge in [0.1, 0.15) is 6.10 Å². The summed E-state index contributed by atoms with van der Waals surface area (Å²) in [5.74, 6) is 0.121. The summed E-state index contributed by atoms with van der Waals surface area (Å²) in [7, 11) is 0. The lowest BCUT2D eigenvalue weighted by atomic mass is 9.84. The largest absolute Gasteiger partial charge is 0.462 e. The quantitative estimate of drug-likeness (QED) is 0.649. The van der Waals surface area contributed by atoms with E-state index >= 15 is 0 Å². The highest BCUT2D eigenvalue weighted by Crippen LogP contribution is 2.47. The van der Waals surface area contributed by atoms with Crippen molar-refractivity contribution in [1.29, 1.82) is 0 Å². The Morgan fingerprint density at radius 2 is 2.06 bits per heavy atom. The van der Waals surface area contributed by atoms with Gasteiger partial charge in [0.15, 0.2) is 0 Å². The Balaban J connectivity index is 1.82. The molecule has 0 N–H and O–H groups in total. The summed E-state index contributed by atoms with van der Waals surface area (Å²) < 4.78 is 5.35. The Hall–Kier alpha value is -1.84. The van der Waals surface area contributed by atoms with Gasteiger partial charge in [0.05, 0.1) is 12.5 Å². The Morgan fingerprint density at radius 3 is 2.94 bits per heavy atom. The fraction of sp³-hybridized carbons (Fsp3) is 0.429. The zero-order valence-electron chi connectivity index (χ0n) is 9.83. The molecule has 92 valence electrons. The number of amides is 1. The van der Waals surface area contributed by atoms with Gasteiger partial charge in [0.2, 0.25) is 0 Å². The van der Waals surface area contributed by atoms with Gasteiger partial charge in [-0.2, -0.15) is 0 Å². The second kappa shape index (κ2) is 3.34. The van der Waals surface area contributed by atoms with Gasteiger partial charge in [-0.05, 0) is 11.6 Å². The minimum Gasteiger partial charge on any atom is -0.462 e. The summed E-state index contributed by atoms with van der Waals surface area (Å²) in [5.41, 5.74) is 1.86. The zero-order chi connectivity index (χ0) is 12.3. The molecule has 2 saturated heterocycles. The fourth-order valence-corrected chi connectivity index (χ4v) is 3.58. The van der Waals surface area contributed by atoms with E-state index in [0.29, 0.717) is 13.0 Å². The topological polar surface area (TPSA) is 46.6 Å². The van der Waals surface area contributed by atoms with Gasteiger partial charge in [-0.15, -0.1) is 0 Å². The normalized spacial score (nSPS) is 32.9. The van der Waals surface area contributed by atoms with Crippen LogP contribution in [0.1, 0.15) is 34.8 Å². The smallest absolute Gasteiger partial charge is 0.306 e. The number of benzene rings is 1. The van der Waals surface area contributed by atoms with E-state index < -0.39 is 0 Å². The highest BCUT2D eigenvalue weighted by molar-refractivity contribution is 5.99. The molecule has 3 heterocycles. The lowest BCUT2D eigenvalue weighted by molar-refractivity contribution is -0.142. The van der Waals surface area contributed by atoms with E-state index in [0.717, 1.165) is 17.5 Å². The number of carbonyl (C=O) groups is 2. The van der Waals surface area contributed by atoms with Crippen LogP contribution in [0.5, 0.6) is 0 Å². The van der Waals surface area contributed by atoms with Crippen LogP contribution < -0.4 is 0 Å². The maximum Gasteiger partial charge on any atom is 0.306 e. The number of rotatable bonds is 0. The van der Waals surface area contributed by atoms with Crippen LogP contribution in [0.15, 0.2) is 24.3 Å². The molecular formula is C14H13NO3. The molecule has 0 aromatic heterocycles. The Labute approximate surface area is 105 Å². The molecule has 3 atom stereocenters. The lowest BCUT2D eigenvalue weighted by Gasteiger charge is -2.37. The van der Waals surface area contributed by atoms with Crippen LogP contribution in [0.2, 0.25) is 0 Å². The SMILES string of the molecule is O=C1C[C@H]2[C@H](CCN3C(=O)c4ccccc4[C@@H]23)O1. The number of nitrogens with zero attached hydrogens (tertiary/aromatic N) is 1. The molecule has 3 aliphatic rings. The molecular weight excluding hydrogens is 230 g/mol. The number of fused-ring (bicyclic) bond motifs is 5. The van der Waals surface area contributed by atoms with Gasteiger partial charge in [-0.25, -0.2) is 0 Å². The third-order valence-electron chi connectivity index (χ3n) is 4.33. The van der Waals surface area contributed by atoms with E-state index in [1.165, 1.54) is 0 Å². The molecule has 0 radical (unpaired) electrons. The molecule has 0 spiro atoms. The van der Waals surface area contributed by atoms with Crippen LogP contribution in [0.25, 0.3) is 0 Å². The monoisotopic (exact) mass is 243 g/mol. The van der Waals surface area contributed by atoms with E-state index in [9.17, 15) is 9.59 Å². The van der Waals surface area contributed by atoms with Gasteiger partial charge in [-0.3, -0.25) is 9.59 Å². The molecule has 0 saturated carbocycles. The molecule has 4 heteroatoms. The van der Waals surface area contributed by atoms with E-state index in [4.69, 9.17) is 4.74 Å². The van der Waals surface area contributed by atoms with Crippen molar-refractivity contribution in [3.8, 4) is 0 Å². The van der Waals surface area contributed by atoms with Gasteiger partial charge in [0.25, 0.3) is 5.91 Å². The summed E-state index contributed by atoms with van der Waals surface area (Å²) in [4.78, 5) is 25.7. The lowest BCUT2D eigenvalue weighted by Crippen LogP contribution is -2.42. The van der Waals surface area contributed by atoms with Crippen molar-refractivity contribution in [2.45, 2.75) is 25.0 Å². The van der Waals surface area contributed by atoms with Gasteiger partial charge < -0.3 is 9.64 Å². The Morgan fingerprint density at radius 1 is 1.22 bits per heavy atom. The second-order valence-electron chi connectivity index (χ2n) is 5.22. The van der Waals surface area contributed by atoms with E-state index in [2.05, 4.69) is 0 Å². The fourth-order valence-electron chi connectivity index (χ4n) is 3.58. The third-order valence-corrected chi connectivity index (χ3v) is 4.33. The predicted molar refractivity (Wildman–Crippen MR) is 62.8 cm³/mol. The van der Waals surface area contributed by atoms with Crippen molar-refractivity contribution >= 4 is 11.9 Å². The standard InChI is InChI=1S/C14H13NO3/c16-12-7-10-11(18-12)5-6-15-13(10)8-3-1-2-4-9(8)14(15)17/h1-4,10-11,13H,5-7H2/t10-,11-,13-/m0/s1. The molecule has 0 unspecified atom stereocenters. The van der Waals surface area contributed by atoms with E-state index in [1.807, 2.05) is 29.2 Å². The Bertz CT molecular complexity index is 554. The third kappa shape index (κ3) is 1.15. The highest BCUT2D eigenvalue weighted by atomic mass is 16.6.